The minimum Gasteiger partial charge on any atom is -0.365 e. The maximum atomic E-state index is 12.1. The third-order valence-corrected chi connectivity index (χ3v) is 7.38. The standard InChI is InChI=1S/C25H38N8OS/c1-3-24(34)33-9-4-6-21(18-33)28-22-14-20(15-23(29-22)30-25-27-16-19(2)35-25)17-32-12-10-31(11-13-32)8-5-7-26/h3,14-16,21H,1,4-13,17-18,26H2,2H3,(H2,27,28,29,30)/t21-/m0/s1. The van der Waals surface area contributed by atoms with Gasteiger partial charge in [0, 0.05) is 62.9 Å². The van der Waals surface area contributed by atoms with Gasteiger partial charge in [-0.3, -0.25) is 9.69 Å². The van der Waals surface area contributed by atoms with Gasteiger partial charge in [-0.25, -0.2) is 9.97 Å². The number of piperidine rings is 1. The maximum Gasteiger partial charge on any atom is 0.246 e. The molecule has 4 N–H and O–H groups in total. The normalized spacial score (nSPS) is 19.5. The SMILES string of the molecule is C=CC(=O)N1CCC[C@H](Nc2cc(CN3CCN(CCCN)CC3)cc(Nc3ncc(C)s3)n2)C1. The van der Waals surface area contributed by atoms with Crippen LogP contribution in [0.1, 0.15) is 29.7 Å². The van der Waals surface area contributed by atoms with Crippen molar-refractivity contribution < 1.29 is 4.79 Å². The molecule has 2 aromatic heterocycles. The summed E-state index contributed by atoms with van der Waals surface area (Å²) in [5, 5.41) is 7.82. The Balaban J connectivity index is 1.45. The molecule has 0 bridgehead atoms. The van der Waals surface area contributed by atoms with E-state index in [9.17, 15) is 4.79 Å². The molecule has 2 saturated heterocycles. The van der Waals surface area contributed by atoms with E-state index < -0.39 is 0 Å². The molecule has 2 aliphatic rings. The van der Waals surface area contributed by atoms with Crippen LogP contribution in [0.2, 0.25) is 0 Å². The first-order valence-corrected chi connectivity index (χ1v) is 13.4. The van der Waals surface area contributed by atoms with Crippen molar-refractivity contribution in [2.45, 2.75) is 38.8 Å². The molecule has 4 rings (SSSR count). The molecule has 2 aromatic rings. The van der Waals surface area contributed by atoms with Crippen molar-refractivity contribution in [3.8, 4) is 0 Å². The number of aryl methyl sites for hydroxylation is 1. The van der Waals surface area contributed by atoms with Crippen LogP contribution in [0.5, 0.6) is 0 Å². The minimum atomic E-state index is -0.00897. The van der Waals surface area contributed by atoms with Crippen LogP contribution in [-0.2, 0) is 11.3 Å². The fourth-order valence-electron chi connectivity index (χ4n) is 4.72. The molecule has 2 fully saturated rings. The Morgan fingerprint density at radius 1 is 1.23 bits per heavy atom. The number of nitrogens with one attached hydrogen (secondary N) is 2. The smallest absolute Gasteiger partial charge is 0.246 e. The largest absolute Gasteiger partial charge is 0.365 e. The van der Waals surface area contributed by atoms with Crippen molar-refractivity contribution in [3.05, 3.63) is 41.4 Å². The van der Waals surface area contributed by atoms with E-state index in [2.05, 4.69) is 44.1 Å². The van der Waals surface area contributed by atoms with E-state index in [1.54, 1.807) is 11.3 Å². The van der Waals surface area contributed by atoms with E-state index >= 15 is 0 Å². The number of hydrogen-bond donors (Lipinski definition) is 3. The zero-order chi connectivity index (χ0) is 24.6. The van der Waals surface area contributed by atoms with Gasteiger partial charge in [-0.15, -0.1) is 11.3 Å². The number of pyridine rings is 1. The predicted molar refractivity (Wildman–Crippen MR) is 143 cm³/mol. The third-order valence-electron chi connectivity index (χ3n) is 6.55. The van der Waals surface area contributed by atoms with Crippen LogP contribution >= 0.6 is 11.3 Å². The molecule has 0 radical (unpaired) electrons. The summed E-state index contributed by atoms with van der Waals surface area (Å²) in [6.07, 6.45) is 6.30. The number of hydrogen-bond acceptors (Lipinski definition) is 9. The summed E-state index contributed by atoms with van der Waals surface area (Å²) in [7, 11) is 0. The Labute approximate surface area is 212 Å². The van der Waals surface area contributed by atoms with Gasteiger partial charge in [-0.05, 0) is 63.0 Å². The molecule has 1 atom stereocenters. The van der Waals surface area contributed by atoms with Gasteiger partial charge in [-0.1, -0.05) is 6.58 Å². The van der Waals surface area contributed by atoms with E-state index in [0.717, 1.165) is 93.3 Å². The molecule has 190 valence electrons. The highest BCUT2D eigenvalue weighted by atomic mass is 32.1. The Bertz CT molecular complexity index is 988. The third kappa shape index (κ3) is 7.47. The summed E-state index contributed by atoms with van der Waals surface area (Å²) in [6.45, 7) is 14.1. The number of aromatic nitrogens is 2. The summed E-state index contributed by atoms with van der Waals surface area (Å²) < 4.78 is 0. The lowest BCUT2D eigenvalue weighted by Gasteiger charge is -2.35. The van der Waals surface area contributed by atoms with E-state index in [1.807, 2.05) is 18.0 Å². The molecule has 2 aliphatic heterocycles. The Morgan fingerprint density at radius 3 is 2.71 bits per heavy atom. The topological polar surface area (TPSA) is 103 Å². The highest BCUT2D eigenvalue weighted by Gasteiger charge is 2.23. The summed E-state index contributed by atoms with van der Waals surface area (Å²) in [5.74, 6) is 1.61. The Kier molecular flexibility index (Phi) is 9.08. The minimum absolute atomic E-state index is 0.00897. The number of amides is 1. The van der Waals surface area contributed by atoms with Gasteiger partial charge in [0.2, 0.25) is 5.91 Å². The van der Waals surface area contributed by atoms with Crippen LogP contribution in [-0.4, -0.2) is 89.0 Å². The van der Waals surface area contributed by atoms with Crippen molar-refractivity contribution in [3.63, 3.8) is 0 Å². The van der Waals surface area contributed by atoms with Crippen LogP contribution < -0.4 is 16.4 Å². The first kappa shape index (κ1) is 25.6. The molecule has 0 aliphatic carbocycles. The van der Waals surface area contributed by atoms with E-state index in [-0.39, 0.29) is 11.9 Å². The number of thiazole rings is 1. The van der Waals surface area contributed by atoms with Crippen molar-refractivity contribution in [1.29, 1.82) is 0 Å². The summed E-state index contributed by atoms with van der Waals surface area (Å²) in [4.78, 5) is 29.4. The number of nitrogens with two attached hydrogens (primary N) is 1. The lowest BCUT2D eigenvalue weighted by molar-refractivity contribution is -0.127. The molecule has 0 spiro atoms. The zero-order valence-electron chi connectivity index (χ0n) is 20.7. The van der Waals surface area contributed by atoms with Gasteiger partial charge >= 0.3 is 0 Å². The van der Waals surface area contributed by atoms with Gasteiger partial charge in [0.25, 0.3) is 0 Å². The molecular formula is C25H38N8OS. The van der Waals surface area contributed by atoms with E-state index in [4.69, 9.17) is 10.7 Å². The Morgan fingerprint density at radius 2 is 2.00 bits per heavy atom. The second-order valence-electron chi connectivity index (χ2n) is 9.38. The van der Waals surface area contributed by atoms with Crippen molar-refractivity contribution in [2.24, 2.45) is 5.73 Å². The first-order valence-electron chi connectivity index (χ1n) is 12.6. The van der Waals surface area contributed by atoms with E-state index in [0.29, 0.717) is 6.54 Å². The van der Waals surface area contributed by atoms with Crippen LogP contribution in [0.15, 0.2) is 31.0 Å². The number of carbonyl (C=O) groups excluding carboxylic acids is 1. The highest BCUT2D eigenvalue weighted by Crippen LogP contribution is 2.25. The maximum absolute atomic E-state index is 12.1. The molecule has 0 aromatic carbocycles. The van der Waals surface area contributed by atoms with E-state index in [1.165, 1.54) is 11.6 Å². The number of rotatable bonds is 10. The fraction of sp³-hybridized carbons (Fsp3) is 0.560. The van der Waals surface area contributed by atoms with Crippen molar-refractivity contribution in [2.75, 3.05) is 63.0 Å². The zero-order valence-corrected chi connectivity index (χ0v) is 21.5. The number of anilines is 3. The summed E-state index contributed by atoms with van der Waals surface area (Å²) >= 11 is 1.62. The van der Waals surface area contributed by atoms with Crippen molar-refractivity contribution in [1.82, 2.24) is 24.7 Å². The number of piperazine rings is 1. The lowest BCUT2D eigenvalue weighted by Crippen LogP contribution is -2.46. The summed E-state index contributed by atoms with van der Waals surface area (Å²) in [6, 6.07) is 4.43. The molecule has 9 nitrogen and oxygen atoms in total. The first-order chi connectivity index (χ1) is 17.0. The molecular weight excluding hydrogens is 460 g/mol. The van der Waals surface area contributed by atoms with Gasteiger partial charge in [-0.2, -0.15) is 0 Å². The second kappa shape index (κ2) is 12.4. The molecule has 1 amide bonds. The molecule has 0 saturated carbocycles. The average molecular weight is 499 g/mol. The van der Waals surface area contributed by atoms with Crippen molar-refractivity contribution >= 4 is 34.0 Å². The monoisotopic (exact) mass is 498 g/mol. The van der Waals surface area contributed by atoms with Gasteiger partial charge in [0.15, 0.2) is 5.13 Å². The van der Waals surface area contributed by atoms with Crippen LogP contribution in [0.3, 0.4) is 0 Å². The summed E-state index contributed by atoms with van der Waals surface area (Å²) in [5.41, 5.74) is 6.89. The number of likely N-dealkylation sites (tertiary alicyclic amines) is 1. The van der Waals surface area contributed by atoms with Gasteiger partial charge < -0.3 is 26.2 Å². The Hall–Kier alpha value is -2.53. The molecule has 4 heterocycles. The average Bonchev–Trinajstić information content (AvgIpc) is 3.27. The van der Waals surface area contributed by atoms with Crippen LogP contribution in [0, 0.1) is 6.92 Å². The van der Waals surface area contributed by atoms with Gasteiger partial charge in [0.1, 0.15) is 11.6 Å². The molecule has 35 heavy (non-hydrogen) atoms. The number of nitrogens with zero attached hydrogens (tertiary/aromatic N) is 5. The fourth-order valence-corrected chi connectivity index (χ4v) is 5.39. The number of carbonyl (C=O) groups is 1. The second-order valence-corrected chi connectivity index (χ2v) is 10.6. The molecule has 10 heteroatoms. The lowest BCUT2D eigenvalue weighted by atomic mass is 10.1. The van der Waals surface area contributed by atoms with Gasteiger partial charge in [0.05, 0.1) is 0 Å². The quantitative estimate of drug-likeness (QED) is 0.430. The van der Waals surface area contributed by atoms with Crippen LogP contribution in [0.4, 0.5) is 16.8 Å². The van der Waals surface area contributed by atoms with Crippen LogP contribution in [0.25, 0.3) is 0 Å². The predicted octanol–water partition coefficient (Wildman–Crippen LogP) is 2.65. The highest BCUT2D eigenvalue weighted by molar-refractivity contribution is 7.15. The molecule has 0 unspecified atom stereocenters.